The molecule has 0 bridgehead atoms. The van der Waals surface area contributed by atoms with Gasteiger partial charge in [-0.05, 0) is 55.4 Å². The Morgan fingerprint density at radius 2 is 1.89 bits per heavy atom. The number of thiophene rings is 1. The third-order valence-electron chi connectivity index (χ3n) is 5.57. The second-order valence-electron chi connectivity index (χ2n) is 7.61. The fourth-order valence-corrected chi connectivity index (χ4v) is 5.56. The summed E-state index contributed by atoms with van der Waals surface area (Å²) < 4.78 is 0. The molecular weight excluding hydrogens is 394 g/mol. The molecule has 1 amide bonds. The second-order valence-corrected chi connectivity index (χ2v) is 9.15. The van der Waals surface area contributed by atoms with Crippen LogP contribution in [0.15, 0.2) is 24.3 Å². The molecule has 0 radical (unpaired) electrons. The van der Waals surface area contributed by atoms with Gasteiger partial charge in [0.1, 0.15) is 10.8 Å². The number of rotatable bonds is 5. The molecule has 0 spiro atoms. The third kappa shape index (κ3) is 4.06. The summed E-state index contributed by atoms with van der Waals surface area (Å²) >= 11 is 7.46. The van der Waals surface area contributed by atoms with Gasteiger partial charge in [0.25, 0.3) is 0 Å². The highest BCUT2D eigenvalue weighted by Gasteiger charge is 2.30. The molecule has 4 rings (SSSR count). The van der Waals surface area contributed by atoms with Crippen molar-refractivity contribution in [2.75, 3.05) is 5.32 Å². The molecule has 1 saturated carbocycles. The molecule has 1 heterocycles. The smallest absolute Gasteiger partial charge is 0.228 e. The minimum atomic E-state index is -0.280. The number of fused-ring (bicyclic) bond motifs is 1. The minimum Gasteiger partial charge on any atom is -0.317 e. The number of carbonyl (C=O) groups excluding carboxylic acids is 3. The lowest BCUT2D eigenvalue weighted by molar-refractivity contribution is -0.128. The van der Waals surface area contributed by atoms with Crippen LogP contribution in [-0.4, -0.2) is 17.5 Å². The van der Waals surface area contributed by atoms with Crippen molar-refractivity contribution in [3.63, 3.8) is 0 Å². The number of hydrogen-bond acceptors (Lipinski definition) is 4. The van der Waals surface area contributed by atoms with Crippen LogP contribution in [0.2, 0.25) is 5.02 Å². The number of amides is 1. The molecule has 146 valence electrons. The highest BCUT2D eigenvalue weighted by molar-refractivity contribution is 7.17. The van der Waals surface area contributed by atoms with E-state index in [0.717, 1.165) is 43.2 Å². The zero-order valence-electron chi connectivity index (χ0n) is 15.6. The van der Waals surface area contributed by atoms with Crippen LogP contribution in [0.5, 0.6) is 0 Å². The lowest BCUT2D eigenvalue weighted by atomic mass is 9.88. The van der Waals surface area contributed by atoms with Crippen molar-refractivity contribution in [3.8, 4) is 0 Å². The Balaban J connectivity index is 1.56. The topological polar surface area (TPSA) is 63.2 Å². The minimum absolute atomic E-state index is 0.0248. The Bertz CT molecular complexity index is 932. The quantitative estimate of drug-likeness (QED) is 0.698. The van der Waals surface area contributed by atoms with Gasteiger partial charge in [0.2, 0.25) is 5.91 Å². The Kier molecular flexibility index (Phi) is 5.65. The summed E-state index contributed by atoms with van der Waals surface area (Å²) in [5.41, 5.74) is 2.67. The van der Waals surface area contributed by atoms with Gasteiger partial charge in [-0.2, -0.15) is 0 Å². The van der Waals surface area contributed by atoms with E-state index in [0.29, 0.717) is 28.4 Å². The number of ketones is 2. The van der Waals surface area contributed by atoms with E-state index in [9.17, 15) is 14.4 Å². The highest BCUT2D eigenvalue weighted by atomic mass is 35.5. The number of carbonyl (C=O) groups is 3. The number of benzene rings is 1. The van der Waals surface area contributed by atoms with E-state index in [-0.39, 0.29) is 29.8 Å². The van der Waals surface area contributed by atoms with E-state index in [4.69, 9.17) is 11.6 Å². The second kappa shape index (κ2) is 8.18. The van der Waals surface area contributed by atoms with Crippen molar-refractivity contribution in [3.05, 3.63) is 50.9 Å². The highest BCUT2D eigenvalue weighted by Crippen LogP contribution is 2.40. The lowest BCUT2D eigenvalue weighted by Gasteiger charge is -2.20. The molecule has 2 aliphatic carbocycles. The van der Waals surface area contributed by atoms with Crippen LogP contribution >= 0.6 is 22.9 Å². The standard InChI is InChI=1S/C22H22ClNO3S/c23-15-9-7-13(8-10-15)11-18(26)20-17-5-2-6-19(17)28-22(20)24-21(27)14-3-1-4-16(25)12-14/h7-10,14H,1-6,11-12H2,(H,24,27). The van der Waals surface area contributed by atoms with Gasteiger partial charge < -0.3 is 5.32 Å². The molecule has 0 saturated heterocycles. The molecule has 4 nitrogen and oxygen atoms in total. The van der Waals surface area contributed by atoms with Gasteiger partial charge in [-0.15, -0.1) is 11.3 Å². The molecule has 1 aromatic carbocycles. The molecule has 1 atom stereocenters. The summed E-state index contributed by atoms with van der Waals surface area (Å²) in [6, 6.07) is 7.29. The van der Waals surface area contributed by atoms with Crippen molar-refractivity contribution in [1.82, 2.24) is 0 Å². The van der Waals surface area contributed by atoms with Crippen LogP contribution in [0, 0.1) is 5.92 Å². The van der Waals surface area contributed by atoms with Gasteiger partial charge in [0, 0.05) is 35.1 Å². The molecule has 1 unspecified atom stereocenters. The average Bonchev–Trinajstić information content (AvgIpc) is 3.24. The number of anilines is 1. The molecule has 1 N–H and O–H groups in total. The van der Waals surface area contributed by atoms with E-state index in [2.05, 4.69) is 5.32 Å². The monoisotopic (exact) mass is 415 g/mol. The number of aryl methyl sites for hydroxylation is 1. The molecule has 1 fully saturated rings. The maximum absolute atomic E-state index is 13.1. The van der Waals surface area contributed by atoms with Crippen molar-refractivity contribution >= 4 is 45.4 Å². The summed E-state index contributed by atoms with van der Waals surface area (Å²) in [6.45, 7) is 0. The number of hydrogen-bond donors (Lipinski definition) is 1. The van der Waals surface area contributed by atoms with Crippen molar-refractivity contribution < 1.29 is 14.4 Å². The zero-order valence-corrected chi connectivity index (χ0v) is 17.1. The Hall–Kier alpha value is -1.98. The molecule has 2 aromatic rings. The first-order valence-corrected chi connectivity index (χ1v) is 11.0. The molecule has 1 aromatic heterocycles. The van der Waals surface area contributed by atoms with E-state index in [1.165, 1.54) is 16.2 Å². The largest absolute Gasteiger partial charge is 0.317 e. The maximum atomic E-state index is 13.1. The number of nitrogens with one attached hydrogen (secondary N) is 1. The average molecular weight is 416 g/mol. The first kappa shape index (κ1) is 19.3. The Morgan fingerprint density at radius 1 is 1.11 bits per heavy atom. The van der Waals surface area contributed by atoms with Crippen molar-refractivity contribution in [1.29, 1.82) is 0 Å². The Labute approximate surface area is 173 Å². The lowest BCUT2D eigenvalue weighted by Crippen LogP contribution is -2.28. The third-order valence-corrected chi connectivity index (χ3v) is 7.03. The first-order valence-electron chi connectivity index (χ1n) is 9.76. The van der Waals surface area contributed by atoms with Crippen LogP contribution in [-0.2, 0) is 28.9 Å². The predicted molar refractivity (Wildman–Crippen MR) is 111 cm³/mol. The van der Waals surface area contributed by atoms with Gasteiger partial charge in [0.15, 0.2) is 5.78 Å². The summed E-state index contributed by atoms with van der Waals surface area (Å²) in [7, 11) is 0. The SMILES string of the molecule is O=C1CCCC(C(=O)Nc2sc3c(c2C(=O)Cc2ccc(Cl)cc2)CCC3)C1. The first-order chi connectivity index (χ1) is 13.5. The molecule has 2 aliphatic rings. The molecule has 0 aliphatic heterocycles. The van der Waals surface area contributed by atoms with E-state index in [1.807, 2.05) is 12.1 Å². The number of Topliss-reactive ketones (excluding diaryl/α,β-unsaturated/α-hetero) is 2. The summed E-state index contributed by atoms with van der Waals surface area (Å²) in [4.78, 5) is 38.8. The fraction of sp³-hybridized carbons (Fsp3) is 0.409. The van der Waals surface area contributed by atoms with Crippen LogP contribution in [0.1, 0.15) is 58.5 Å². The molecule has 28 heavy (non-hydrogen) atoms. The number of halogens is 1. The summed E-state index contributed by atoms with van der Waals surface area (Å²) in [5.74, 6) is -0.234. The maximum Gasteiger partial charge on any atom is 0.228 e. The van der Waals surface area contributed by atoms with Gasteiger partial charge >= 0.3 is 0 Å². The van der Waals surface area contributed by atoms with Crippen molar-refractivity contribution in [2.24, 2.45) is 5.92 Å². The predicted octanol–water partition coefficient (Wildman–Crippen LogP) is 5.01. The van der Waals surface area contributed by atoms with Crippen LogP contribution in [0.3, 0.4) is 0 Å². The van der Waals surface area contributed by atoms with Gasteiger partial charge in [-0.25, -0.2) is 0 Å². The van der Waals surface area contributed by atoms with E-state index < -0.39 is 0 Å². The fourth-order valence-electron chi connectivity index (χ4n) is 4.13. The normalized spacial score (nSPS) is 18.8. The van der Waals surface area contributed by atoms with Crippen LogP contribution in [0.25, 0.3) is 0 Å². The molecular formula is C22H22ClNO3S. The zero-order chi connectivity index (χ0) is 19.7. The summed E-state index contributed by atoms with van der Waals surface area (Å²) in [5, 5.41) is 4.29. The van der Waals surface area contributed by atoms with E-state index >= 15 is 0 Å². The van der Waals surface area contributed by atoms with Gasteiger partial charge in [0.05, 0.1) is 5.56 Å². The summed E-state index contributed by atoms with van der Waals surface area (Å²) in [6.07, 6.45) is 5.55. The van der Waals surface area contributed by atoms with Crippen LogP contribution in [0.4, 0.5) is 5.00 Å². The Morgan fingerprint density at radius 3 is 2.64 bits per heavy atom. The van der Waals surface area contributed by atoms with E-state index in [1.54, 1.807) is 12.1 Å². The van der Waals surface area contributed by atoms with Crippen molar-refractivity contribution in [2.45, 2.75) is 51.4 Å². The van der Waals surface area contributed by atoms with Gasteiger partial charge in [-0.1, -0.05) is 23.7 Å². The molecule has 6 heteroatoms. The van der Waals surface area contributed by atoms with Gasteiger partial charge in [-0.3, -0.25) is 14.4 Å². The van der Waals surface area contributed by atoms with Crippen LogP contribution < -0.4 is 5.32 Å².